The maximum Gasteiger partial charge on any atom is 0.246 e. The lowest BCUT2D eigenvalue weighted by Crippen LogP contribution is -2.38. The van der Waals surface area contributed by atoms with Crippen molar-refractivity contribution in [1.29, 1.82) is 0 Å². The minimum Gasteiger partial charge on any atom is -0.370 e. The van der Waals surface area contributed by atoms with Crippen LogP contribution < -0.4 is 11.1 Å². The first kappa shape index (κ1) is 18.7. The summed E-state index contributed by atoms with van der Waals surface area (Å²) in [7, 11) is 0. The molecule has 1 fully saturated rings. The Morgan fingerprint density at radius 1 is 1.27 bits per heavy atom. The van der Waals surface area contributed by atoms with E-state index in [1.165, 1.54) is 25.0 Å². The molecule has 1 aliphatic rings. The van der Waals surface area contributed by atoms with E-state index in [9.17, 15) is 9.18 Å². The number of anilines is 1. The zero-order valence-corrected chi connectivity index (χ0v) is 14.8. The SMILES string of the molecule is I.NC(=NCC(=O)Nc1cccc(F)c1)N1CCCCCC1. The quantitative estimate of drug-likeness (QED) is 0.449. The molecule has 1 amide bonds. The van der Waals surface area contributed by atoms with E-state index in [-0.39, 0.29) is 42.2 Å². The van der Waals surface area contributed by atoms with Gasteiger partial charge in [-0.2, -0.15) is 0 Å². The number of benzene rings is 1. The van der Waals surface area contributed by atoms with Crippen LogP contribution in [-0.2, 0) is 4.79 Å². The summed E-state index contributed by atoms with van der Waals surface area (Å²) in [5.74, 6) is -0.287. The first-order valence-electron chi connectivity index (χ1n) is 7.25. The largest absolute Gasteiger partial charge is 0.370 e. The number of rotatable bonds is 3. The molecular weight excluding hydrogens is 398 g/mol. The van der Waals surface area contributed by atoms with E-state index in [1.807, 2.05) is 4.90 Å². The van der Waals surface area contributed by atoms with Crippen LogP contribution in [0.4, 0.5) is 10.1 Å². The average molecular weight is 420 g/mol. The fraction of sp³-hybridized carbons (Fsp3) is 0.467. The molecule has 0 atom stereocenters. The summed E-state index contributed by atoms with van der Waals surface area (Å²) in [6.07, 6.45) is 4.63. The molecule has 2 rings (SSSR count). The van der Waals surface area contributed by atoms with E-state index >= 15 is 0 Å². The minimum absolute atomic E-state index is 0. The number of hydrogen-bond donors (Lipinski definition) is 2. The van der Waals surface area contributed by atoms with Crippen molar-refractivity contribution in [2.45, 2.75) is 25.7 Å². The fourth-order valence-electron chi connectivity index (χ4n) is 2.32. The topological polar surface area (TPSA) is 70.7 Å². The summed E-state index contributed by atoms with van der Waals surface area (Å²) in [5.41, 5.74) is 6.34. The molecule has 1 aliphatic heterocycles. The first-order valence-corrected chi connectivity index (χ1v) is 7.25. The molecular formula is C15H22FIN4O. The van der Waals surface area contributed by atoms with Crippen molar-refractivity contribution >= 4 is 41.5 Å². The van der Waals surface area contributed by atoms with Gasteiger partial charge >= 0.3 is 0 Å². The Labute approximate surface area is 147 Å². The van der Waals surface area contributed by atoms with Crippen molar-refractivity contribution in [1.82, 2.24) is 4.90 Å². The van der Waals surface area contributed by atoms with E-state index < -0.39 is 0 Å². The van der Waals surface area contributed by atoms with Crippen LogP contribution in [0.15, 0.2) is 29.3 Å². The van der Waals surface area contributed by atoms with E-state index in [4.69, 9.17) is 5.73 Å². The van der Waals surface area contributed by atoms with Gasteiger partial charge in [0, 0.05) is 18.8 Å². The minimum atomic E-state index is -0.389. The van der Waals surface area contributed by atoms with Crippen molar-refractivity contribution in [2.24, 2.45) is 10.7 Å². The number of carbonyl (C=O) groups excluding carboxylic acids is 1. The second kappa shape index (κ2) is 9.60. The lowest BCUT2D eigenvalue weighted by atomic mass is 10.2. The second-order valence-corrected chi connectivity index (χ2v) is 5.13. The molecule has 0 spiro atoms. The molecule has 0 aliphatic carbocycles. The van der Waals surface area contributed by atoms with Crippen LogP contribution in [-0.4, -0.2) is 36.4 Å². The first-order chi connectivity index (χ1) is 10.1. The van der Waals surface area contributed by atoms with Gasteiger partial charge in [0.25, 0.3) is 0 Å². The molecule has 1 heterocycles. The molecule has 7 heteroatoms. The lowest BCUT2D eigenvalue weighted by molar-refractivity contribution is -0.114. The average Bonchev–Trinajstić information content (AvgIpc) is 2.74. The number of hydrogen-bond acceptors (Lipinski definition) is 2. The van der Waals surface area contributed by atoms with Crippen molar-refractivity contribution < 1.29 is 9.18 Å². The molecule has 1 aromatic carbocycles. The molecule has 3 N–H and O–H groups in total. The number of nitrogens with zero attached hydrogens (tertiary/aromatic N) is 2. The van der Waals surface area contributed by atoms with Crippen LogP contribution in [0.1, 0.15) is 25.7 Å². The second-order valence-electron chi connectivity index (χ2n) is 5.13. The maximum atomic E-state index is 13.0. The van der Waals surface area contributed by atoms with Crippen molar-refractivity contribution in [3.63, 3.8) is 0 Å². The Hall–Kier alpha value is -1.38. The summed E-state index contributed by atoms with van der Waals surface area (Å²) in [4.78, 5) is 17.9. The van der Waals surface area contributed by atoms with Gasteiger partial charge in [0.15, 0.2) is 5.96 Å². The van der Waals surface area contributed by atoms with Crippen LogP contribution >= 0.6 is 24.0 Å². The number of carbonyl (C=O) groups is 1. The Bertz CT molecular complexity index is 516. The van der Waals surface area contributed by atoms with Crippen LogP contribution in [0.5, 0.6) is 0 Å². The Balaban J connectivity index is 0.00000242. The Morgan fingerprint density at radius 2 is 1.95 bits per heavy atom. The molecule has 0 bridgehead atoms. The highest BCUT2D eigenvalue weighted by Crippen LogP contribution is 2.10. The van der Waals surface area contributed by atoms with Gasteiger partial charge in [0.2, 0.25) is 5.91 Å². The maximum absolute atomic E-state index is 13.0. The van der Waals surface area contributed by atoms with E-state index in [0.29, 0.717) is 11.6 Å². The molecule has 1 aromatic rings. The smallest absolute Gasteiger partial charge is 0.246 e. The van der Waals surface area contributed by atoms with Gasteiger partial charge in [-0.15, -0.1) is 24.0 Å². The third kappa shape index (κ3) is 6.17. The molecule has 0 saturated carbocycles. The van der Waals surface area contributed by atoms with Crippen LogP contribution in [0.2, 0.25) is 0 Å². The van der Waals surface area contributed by atoms with Gasteiger partial charge in [0.1, 0.15) is 12.4 Å². The number of guanidine groups is 1. The van der Waals surface area contributed by atoms with Gasteiger partial charge in [-0.25, -0.2) is 9.38 Å². The Kier molecular flexibility index (Phi) is 8.15. The molecule has 0 aromatic heterocycles. The molecule has 1 saturated heterocycles. The monoisotopic (exact) mass is 420 g/mol. The number of likely N-dealkylation sites (tertiary alicyclic amines) is 1. The standard InChI is InChI=1S/C15H21FN4O.HI/c16-12-6-5-7-13(10-12)19-14(21)11-18-15(17)20-8-3-1-2-4-9-20;/h5-7,10H,1-4,8-9,11H2,(H2,17,18)(H,19,21);1H. The predicted molar refractivity (Wildman–Crippen MR) is 97.0 cm³/mol. The van der Waals surface area contributed by atoms with Crippen LogP contribution in [0, 0.1) is 5.82 Å². The Morgan fingerprint density at radius 3 is 2.59 bits per heavy atom. The summed E-state index contributed by atoms with van der Waals surface area (Å²) in [6, 6.07) is 5.76. The van der Waals surface area contributed by atoms with Gasteiger partial charge < -0.3 is 16.0 Å². The highest BCUT2D eigenvalue weighted by atomic mass is 127. The van der Waals surface area contributed by atoms with E-state index in [1.54, 1.807) is 12.1 Å². The highest BCUT2D eigenvalue weighted by molar-refractivity contribution is 14.0. The number of halogens is 2. The predicted octanol–water partition coefficient (Wildman–Crippen LogP) is 2.57. The number of aliphatic imine (C=N–C) groups is 1. The third-order valence-electron chi connectivity index (χ3n) is 3.42. The van der Waals surface area contributed by atoms with Gasteiger partial charge in [-0.3, -0.25) is 4.79 Å². The summed E-state index contributed by atoms with van der Waals surface area (Å²) in [6.45, 7) is 1.72. The number of amides is 1. The fourth-order valence-corrected chi connectivity index (χ4v) is 2.32. The lowest BCUT2D eigenvalue weighted by Gasteiger charge is -2.20. The van der Waals surface area contributed by atoms with E-state index in [0.717, 1.165) is 25.9 Å². The molecule has 5 nitrogen and oxygen atoms in total. The molecule has 122 valence electrons. The normalized spacial score (nSPS) is 15.7. The molecule has 0 unspecified atom stereocenters. The van der Waals surface area contributed by atoms with Gasteiger partial charge in [-0.05, 0) is 31.0 Å². The zero-order valence-electron chi connectivity index (χ0n) is 12.4. The van der Waals surface area contributed by atoms with Crippen LogP contribution in [0.25, 0.3) is 0 Å². The number of nitrogens with one attached hydrogen (secondary N) is 1. The summed E-state index contributed by atoms with van der Waals surface area (Å²) < 4.78 is 13.0. The van der Waals surface area contributed by atoms with Crippen molar-refractivity contribution in [2.75, 3.05) is 25.0 Å². The van der Waals surface area contributed by atoms with Gasteiger partial charge in [0.05, 0.1) is 0 Å². The van der Waals surface area contributed by atoms with E-state index in [2.05, 4.69) is 10.3 Å². The molecule has 22 heavy (non-hydrogen) atoms. The molecule has 0 radical (unpaired) electrons. The zero-order chi connectivity index (χ0) is 15.1. The van der Waals surface area contributed by atoms with Crippen molar-refractivity contribution in [3.05, 3.63) is 30.1 Å². The summed E-state index contributed by atoms with van der Waals surface area (Å²) in [5, 5.41) is 2.59. The van der Waals surface area contributed by atoms with Crippen molar-refractivity contribution in [3.8, 4) is 0 Å². The van der Waals surface area contributed by atoms with Gasteiger partial charge in [-0.1, -0.05) is 18.9 Å². The number of nitrogens with two attached hydrogens (primary N) is 1. The summed E-state index contributed by atoms with van der Waals surface area (Å²) >= 11 is 0. The highest BCUT2D eigenvalue weighted by Gasteiger charge is 2.11. The van der Waals surface area contributed by atoms with Crippen LogP contribution in [0.3, 0.4) is 0 Å². The third-order valence-corrected chi connectivity index (χ3v) is 3.42.